The van der Waals surface area contributed by atoms with Crippen molar-refractivity contribution in [2.45, 2.75) is 76.5 Å². The first-order valence-corrected chi connectivity index (χ1v) is 21.4. The molecule has 3 aromatic carbocycles. The zero-order valence-corrected chi connectivity index (χ0v) is 35.8. The molecule has 16 heteroatoms. The molecule has 16 nitrogen and oxygen atoms in total. The minimum atomic E-state index is -1.14. The Morgan fingerprint density at radius 3 is 2.17 bits per heavy atom. The van der Waals surface area contributed by atoms with Crippen LogP contribution in [0.2, 0.25) is 0 Å². The maximum absolute atomic E-state index is 14.0. The standard InChI is InChI=1S/C47H52N10O6/c1-28(2)41(54-46(60)63-4)45(59)57-23-9-13-39(57)43-49-26-36(52-43)31-17-15-30(16-18-31)35-25-48-34-24-32(19-20-33(34)51-35)37-27-50-42(53-37)38-12-8-22-56(38)44(58)40(55(3)47(61)62)21-14-29-10-6-5-7-11-29/h5-7,10-11,15-20,24-28,38-41H,8-9,12-14,21-23H2,1-4H3,(H,49,52)(H,50,53)(H,54,60)(H,61,62)/t38-,39-,40-,41-/m0/s1. The van der Waals surface area contributed by atoms with E-state index in [0.717, 1.165) is 75.4 Å². The molecule has 6 aromatic rings. The molecule has 0 aliphatic carbocycles. The van der Waals surface area contributed by atoms with Gasteiger partial charge in [0.1, 0.15) is 23.7 Å². The third kappa shape index (κ3) is 9.10. The van der Waals surface area contributed by atoms with Gasteiger partial charge in [0.15, 0.2) is 0 Å². The van der Waals surface area contributed by atoms with Crippen LogP contribution in [-0.2, 0) is 20.7 Å². The Labute approximate surface area is 365 Å². The number of rotatable bonds is 13. The number of methoxy groups -OCH3 is 1. The lowest BCUT2D eigenvalue weighted by molar-refractivity contribution is -0.137. The number of hydrogen-bond acceptors (Lipinski definition) is 9. The van der Waals surface area contributed by atoms with E-state index in [1.54, 1.807) is 22.2 Å². The first-order valence-electron chi connectivity index (χ1n) is 21.4. The molecule has 2 saturated heterocycles. The van der Waals surface area contributed by atoms with Gasteiger partial charge < -0.3 is 34.9 Å². The summed E-state index contributed by atoms with van der Waals surface area (Å²) >= 11 is 0. The van der Waals surface area contributed by atoms with E-state index in [9.17, 15) is 24.3 Å². The van der Waals surface area contributed by atoms with Crippen LogP contribution in [0.3, 0.4) is 0 Å². The van der Waals surface area contributed by atoms with Gasteiger partial charge in [-0.1, -0.05) is 74.5 Å². The molecule has 4 N–H and O–H groups in total. The average Bonchev–Trinajstić information content (AvgIpc) is 4.15. The van der Waals surface area contributed by atoms with E-state index in [4.69, 9.17) is 24.7 Å². The minimum absolute atomic E-state index is 0.119. The monoisotopic (exact) mass is 852 g/mol. The maximum Gasteiger partial charge on any atom is 0.407 e. The van der Waals surface area contributed by atoms with Gasteiger partial charge in [0.05, 0.1) is 59.7 Å². The van der Waals surface area contributed by atoms with E-state index >= 15 is 0 Å². The van der Waals surface area contributed by atoms with Gasteiger partial charge in [0.25, 0.3) is 0 Å². The first-order chi connectivity index (χ1) is 30.5. The number of imidazole rings is 2. The maximum atomic E-state index is 14.0. The SMILES string of the molecule is COC(=O)N[C@H](C(=O)N1CCC[C@H]1c1nc(-c2ccc(-c3cnc4cc(-c5cnc([C@@H]6CCCN6C(=O)[C@H](CCc6ccccc6)N(C)C(=O)O)[nH]5)ccc4n3)cc2)c[nH]1)C(C)C. The van der Waals surface area contributed by atoms with Gasteiger partial charge in [-0.2, -0.15) is 0 Å². The van der Waals surface area contributed by atoms with Gasteiger partial charge in [-0.15, -0.1) is 0 Å². The molecule has 0 spiro atoms. The highest BCUT2D eigenvalue weighted by Gasteiger charge is 2.39. The fraction of sp³-hybridized carbons (Fsp3) is 0.362. The van der Waals surface area contributed by atoms with Crippen LogP contribution in [0.4, 0.5) is 9.59 Å². The number of amides is 4. The molecule has 0 radical (unpaired) electrons. The van der Waals surface area contributed by atoms with Gasteiger partial charge in [-0.05, 0) is 62.1 Å². The second-order valence-corrected chi connectivity index (χ2v) is 16.6. The molecule has 8 rings (SSSR count). The number of nitrogens with zero attached hydrogens (tertiary/aromatic N) is 7. The van der Waals surface area contributed by atoms with E-state index in [-0.39, 0.29) is 29.8 Å². The molecule has 326 valence electrons. The topological polar surface area (TPSA) is 203 Å². The molecular formula is C47H52N10O6. The van der Waals surface area contributed by atoms with Crippen LogP contribution < -0.4 is 5.32 Å². The molecular weight excluding hydrogens is 801 g/mol. The van der Waals surface area contributed by atoms with Crippen molar-refractivity contribution < 1.29 is 29.0 Å². The van der Waals surface area contributed by atoms with Gasteiger partial charge >= 0.3 is 12.2 Å². The Bertz CT molecular complexity index is 2590. The second kappa shape index (κ2) is 18.5. The molecule has 2 fully saturated rings. The van der Waals surface area contributed by atoms with Crippen molar-refractivity contribution in [2.75, 3.05) is 27.2 Å². The van der Waals surface area contributed by atoms with E-state index in [1.807, 2.05) is 92.8 Å². The molecule has 4 atom stereocenters. The lowest BCUT2D eigenvalue weighted by Gasteiger charge is -2.31. The third-order valence-corrected chi connectivity index (χ3v) is 12.2. The Hall–Kier alpha value is -7.10. The van der Waals surface area contributed by atoms with Crippen LogP contribution in [-0.4, -0.2) is 113 Å². The second-order valence-electron chi connectivity index (χ2n) is 16.6. The molecule has 0 bridgehead atoms. The molecule has 2 aliphatic heterocycles. The summed E-state index contributed by atoms with van der Waals surface area (Å²) < 4.78 is 4.76. The Kier molecular flexibility index (Phi) is 12.5. The number of carbonyl (C=O) groups excluding carboxylic acids is 3. The van der Waals surface area contributed by atoms with Gasteiger partial charge in [0, 0.05) is 43.0 Å². The van der Waals surface area contributed by atoms with Crippen molar-refractivity contribution in [1.29, 1.82) is 0 Å². The van der Waals surface area contributed by atoms with Crippen molar-refractivity contribution in [3.63, 3.8) is 0 Å². The van der Waals surface area contributed by atoms with Crippen LogP contribution in [0.25, 0.3) is 44.8 Å². The zero-order chi connectivity index (χ0) is 44.2. The Morgan fingerprint density at radius 2 is 1.49 bits per heavy atom. The van der Waals surface area contributed by atoms with Crippen LogP contribution in [0.15, 0.2) is 91.4 Å². The summed E-state index contributed by atoms with van der Waals surface area (Å²) in [5.41, 5.74) is 7.41. The number of benzene rings is 3. The van der Waals surface area contributed by atoms with Gasteiger partial charge in [0.2, 0.25) is 11.8 Å². The van der Waals surface area contributed by atoms with Crippen LogP contribution in [0.1, 0.15) is 75.2 Å². The summed E-state index contributed by atoms with van der Waals surface area (Å²) in [5.74, 6) is 0.870. The molecule has 3 aromatic heterocycles. The fourth-order valence-corrected chi connectivity index (χ4v) is 8.70. The number of aromatic nitrogens is 6. The molecule has 0 unspecified atom stereocenters. The van der Waals surface area contributed by atoms with Crippen LogP contribution in [0.5, 0.6) is 0 Å². The Balaban J connectivity index is 0.933. The number of aryl methyl sites for hydroxylation is 1. The minimum Gasteiger partial charge on any atom is -0.465 e. The number of alkyl carbamates (subject to hydrolysis) is 1. The summed E-state index contributed by atoms with van der Waals surface area (Å²) in [6.07, 6.45) is 7.64. The number of carbonyl (C=O) groups is 4. The quantitative estimate of drug-likeness (QED) is 0.0907. The number of aromatic amines is 2. The predicted molar refractivity (Wildman–Crippen MR) is 236 cm³/mol. The number of ether oxygens (including phenoxy) is 1. The molecule has 63 heavy (non-hydrogen) atoms. The summed E-state index contributed by atoms with van der Waals surface area (Å²) in [4.78, 5) is 82.3. The molecule has 5 heterocycles. The summed E-state index contributed by atoms with van der Waals surface area (Å²) in [6, 6.07) is 21.5. The van der Waals surface area contributed by atoms with Gasteiger partial charge in [-0.25, -0.2) is 24.5 Å². The highest BCUT2D eigenvalue weighted by atomic mass is 16.5. The number of likely N-dealkylation sites (tertiary alicyclic amines) is 2. The molecule has 2 aliphatic rings. The van der Waals surface area contributed by atoms with E-state index in [1.165, 1.54) is 14.2 Å². The predicted octanol–water partition coefficient (Wildman–Crippen LogP) is 7.40. The molecule has 0 saturated carbocycles. The number of likely N-dealkylation sites (N-methyl/N-ethyl adjacent to an activating group) is 1. The first kappa shape index (κ1) is 42.6. The van der Waals surface area contributed by atoms with E-state index in [0.29, 0.717) is 43.1 Å². The van der Waals surface area contributed by atoms with Crippen molar-refractivity contribution in [3.05, 3.63) is 109 Å². The largest absolute Gasteiger partial charge is 0.465 e. The van der Waals surface area contributed by atoms with Gasteiger partial charge in [-0.3, -0.25) is 19.5 Å². The number of hydrogen-bond donors (Lipinski definition) is 4. The normalized spacial score (nSPS) is 17.2. The molecule has 4 amide bonds. The number of nitrogens with one attached hydrogen (secondary N) is 3. The summed E-state index contributed by atoms with van der Waals surface area (Å²) in [7, 11) is 2.74. The zero-order valence-electron chi connectivity index (χ0n) is 35.8. The van der Waals surface area contributed by atoms with Crippen LogP contribution >= 0.6 is 0 Å². The Morgan fingerprint density at radius 1 is 0.825 bits per heavy atom. The van der Waals surface area contributed by atoms with Crippen molar-refractivity contribution in [2.24, 2.45) is 5.92 Å². The third-order valence-electron chi connectivity index (χ3n) is 12.2. The fourth-order valence-electron chi connectivity index (χ4n) is 8.70. The number of H-pyrrole nitrogens is 2. The summed E-state index contributed by atoms with van der Waals surface area (Å²) in [5, 5.41) is 12.5. The lowest BCUT2D eigenvalue weighted by Crippen LogP contribution is -2.51. The highest BCUT2D eigenvalue weighted by Crippen LogP contribution is 2.35. The lowest BCUT2D eigenvalue weighted by atomic mass is 10.0. The van der Waals surface area contributed by atoms with Crippen molar-refractivity contribution in [1.82, 2.24) is 49.9 Å². The highest BCUT2D eigenvalue weighted by molar-refractivity contribution is 5.87. The number of carboxylic acid groups (broad SMARTS) is 1. The van der Waals surface area contributed by atoms with Crippen molar-refractivity contribution >= 4 is 35.0 Å². The van der Waals surface area contributed by atoms with E-state index < -0.39 is 24.3 Å². The van der Waals surface area contributed by atoms with Crippen LogP contribution in [0, 0.1) is 5.92 Å². The van der Waals surface area contributed by atoms with E-state index in [2.05, 4.69) is 15.3 Å². The number of fused-ring (bicyclic) bond motifs is 1. The van der Waals surface area contributed by atoms with Crippen molar-refractivity contribution in [3.8, 4) is 33.8 Å². The smallest absolute Gasteiger partial charge is 0.407 e. The summed E-state index contributed by atoms with van der Waals surface area (Å²) in [6.45, 7) is 4.89. The average molecular weight is 853 g/mol.